The van der Waals surface area contributed by atoms with Gasteiger partial charge in [-0.1, -0.05) is 43.7 Å². The number of carbonyl (C=O) groups is 1. The lowest BCUT2D eigenvalue weighted by Crippen LogP contribution is -2.52. The van der Waals surface area contributed by atoms with E-state index in [-0.39, 0.29) is 29.3 Å². The molecule has 0 unspecified atom stereocenters. The zero-order valence-corrected chi connectivity index (χ0v) is 17.4. The molecule has 0 bridgehead atoms. The van der Waals surface area contributed by atoms with E-state index in [4.69, 9.17) is 4.74 Å². The van der Waals surface area contributed by atoms with E-state index >= 15 is 0 Å². The Hall–Kier alpha value is -2.54. The fourth-order valence-electron chi connectivity index (χ4n) is 2.89. The minimum atomic E-state index is -3.83. The monoisotopic (exact) mass is 402 g/mol. The summed E-state index contributed by atoms with van der Waals surface area (Å²) in [5.74, 6) is 0.314. The summed E-state index contributed by atoms with van der Waals surface area (Å²) in [7, 11) is -3.83. The van der Waals surface area contributed by atoms with Crippen LogP contribution in [0.4, 0.5) is 5.69 Å². The van der Waals surface area contributed by atoms with E-state index in [0.717, 1.165) is 5.56 Å². The zero-order chi connectivity index (χ0) is 20.5. The molecule has 0 aromatic heterocycles. The van der Waals surface area contributed by atoms with Crippen LogP contribution in [0, 0.1) is 12.8 Å². The van der Waals surface area contributed by atoms with Crippen molar-refractivity contribution in [1.82, 2.24) is 5.32 Å². The number of para-hydroxylation sites is 2. The predicted octanol–water partition coefficient (Wildman–Crippen LogP) is 3.11. The Morgan fingerprint density at radius 1 is 1.11 bits per heavy atom. The number of ether oxygens (including phenoxy) is 1. The van der Waals surface area contributed by atoms with E-state index in [1.807, 2.05) is 27.7 Å². The Kier molecular flexibility index (Phi) is 5.65. The molecule has 0 spiro atoms. The summed E-state index contributed by atoms with van der Waals surface area (Å²) < 4.78 is 33.7. The summed E-state index contributed by atoms with van der Waals surface area (Å²) in [5.41, 5.74) is 1.41. The van der Waals surface area contributed by atoms with Gasteiger partial charge in [-0.2, -0.15) is 0 Å². The van der Waals surface area contributed by atoms with Crippen LogP contribution in [0.3, 0.4) is 0 Å². The second kappa shape index (κ2) is 7.83. The largest absolute Gasteiger partial charge is 0.476 e. The highest BCUT2D eigenvalue weighted by molar-refractivity contribution is 7.92. The number of nitrogens with one attached hydrogen (secondary N) is 1. The van der Waals surface area contributed by atoms with Crippen LogP contribution in [0.25, 0.3) is 0 Å². The van der Waals surface area contributed by atoms with Crippen LogP contribution in [0.1, 0.15) is 26.3 Å². The van der Waals surface area contributed by atoms with Gasteiger partial charge in [0.15, 0.2) is 6.10 Å². The highest BCUT2D eigenvalue weighted by Crippen LogP contribution is 2.36. The van der Waals surface area contributed by atoms with Gasteiger partial charge in [0, 0.05) is 6.04 Å². The maximum absolute atomic E-state index is 13.3. The number of nitrogens with zero attached hydrogens (tertiary/aromatic N) is 1. The van der Waals surface area contributed by atoms with Crippen LogP contribution >= 0.6 is 0 Å². The minimum Gasteiger partial charge on any atom is -0.476 e. The van der Waals surface area contributed by atoms with E-state index in [9.17, 15) is 13.2 Å². The molecular weight excluding hydrogens is 376 g/mol. The summed E-state index contributed by atoms with van der Waals surface area (Å²) in [5, 5.41) is 2.91. The summed E-state index contributed by atoms with van der Waals surface area (Å²) in [4.78, 5) is 12.9. The first kappa shape index (κ1) is 20.2. The Labute approximate surface area is 166 Å². The fraction of sp³-hybridized carbons (Fsp3) is 0.381. The highest BCUT2D eigenvalue weighted by atomic mass is 32.2. The third-order valence-electron chi connectivity index (χ3n) is 5.01. The molecule has 1 aliphatic heterocycles. The molecule has 1 amide bonds. The van der Waals surface area contributed by atoms with Crippen LogP contribution in [0.15, 0.2) is 53.4 Å². The number of hydrogen-bond acceptors (Lipinski definition) is 4. The molecule has 1 heterocycles. The molecule has 0 aliphatic carbocycles. The normalized spacial score (nSPS) is 17.6. The lowest BCUT2D eigenvalue weighted by molar-refractivity contribution is -0.128. The first-order valence-corrected chi connectivity index (χ1v) is 10.8. The molecule has 150 valence electrons. The summed E-state index contributed by atoms with van der Waals surface area (Å²) >= 11 is 0. The molecule has 3 rings (SSSR count). The van der Waals surface area contributed by atoms with Crippen LogP contribution in [-0.2, 0) is 14.8 Å². The van der Waals surface area contributed by atoms with Crippen LogP contribution < -0.4 is 14.4 Å². The number of hydrogen-bond donors (Lipinski definition) is 1. The van der Waals surface area contributed by atoms with Gasteiger partial charge in [-0.15, -0.1) is 0 Å². The van der Waals surface area contributed by atoms with Crippen molar-refractivity contribution >= 4 is 21.6 Å². The average molecular weight is 403 g/mol. The van der Waals surface area contributed by atoms with Gasteiger partial charge >= 0.3 is 0 Å². The maximum atomic E-state index is 13.3. The molecular formula is C21H26N2O4S. The van der Waals surface area contributed by atoms with Crippen molar-refractivity contribution in [2.45, 2.75) is 44.7 Å². The molecule has 6 nitrogen and oxygen atoms in total. The summed E-state index contributed by atoms with van der Waals surface area (Å²) in [6.45, 7) is 7.76. The SMILES string of the molecule is Cc1ccc(S(=O)(=O)N2C[C@@H](C(=O)N[C@H](C)C(C)C)Oc3ccccc32)cc1. The lowest BCUT2D eigenvalue weighted by atomic mass is 10.1. The summed E-state index contributed by atoms with van der Waals surface area (Å²) in [6, 6.07) is 13.5. The first-order chi connectivity index (χ1) is 13.2. The quantitative estimate of drug-likeness (QED) is 0.834. The van der Waals surface area contributed by atoms with Gasteiger partial charge < -0.3 is 10.1 Å². The van der Waals surface area contributed by atoms with Crippen LogP contribution in [0.5, 0.6) is 5.75 Å². The van der Waals surface area contributed by atoms with Gasteiger partial charge in [-0.25, -0.2) is 8.42 Å². The molecule has 1 N–H and O–H groups in total. The van der Waals surface area contributed by atoms with E-state index in [1.165, 1.54) is 4.31 Å². The van der Waals surface area contributed by atoms with Crippen molar-refractivity contribution in [3.05, 3.63) is 54.1 Å². The van der Waals surface area contributed by atoms with Gasteiger partial charge in [0.25, 0.3) is 15.9 Å². The Bertz CT molecular complexity index is 955. The third-order valence-corrected chi connectivity index (χ3v) is 6.80. The number of aryl methyl sites for hydroxylation is 1. The summed E-state index contributed by atoms with van der Waals surface area (Å²) in [6.07, 6.45) is -0.920. The molecule has 2 atom stereocenters. The number of sulfonamides is 1. The number of carbonyl (C=O) groups excluding carboxylic acids is 1. The topological polar surface area (TPSA) is 75.7 Å². The predicted molar refractivity (Wildman–Crippen MR) is 109 cm³/mol. The van der Waals surface area contributed by atoms with E-state index in [0.29, 0.717) is 11.4 Å². The zero-order valence-electron chi connectivity index (χ0n) is 16.5. The van der Waals surface area contributed by atoms with E-state index in [2.05, 4.69) is 5.32 Å². The fourth-order valence-corrected chi connectivity index (χ4v) is 4.36. The average Bonchev–Trinajstić information content (AvgIpc) is 2.67. The Balaban J connectivity index is 1.96. The molecule has 0 saturated heterocycles. The molecule has 2 aromatic rings. The lowest BCUT2D eigenvalue weighted by Gasteiger charge is -2.35. The van der Waals surface area contributed by atoms with Gasteiger partial charge in [0.2, 0.25) is 0 Å². The number of benzene rings is 2. The van der Waals surface area contributed by atoms with Crippen molar-refractivity contribution in [2.24, 2.45) is 5.92 Å². The third kappa shape index (κ3) is 3.99. The second-order valence-corrected chi connectivity index (χ2v) is 9.33. The standard InChI is InChI=1S/C21H26N2O4S/c1-14(2)16(4)22-21(24)20-13-23(18-7-5-6-8-19(18)27-20)28(25,26)17-11-9-15(3)10-12-17/h5-12,14,16,20H,13H2,1-4H3,(H,22,24)/t16-,20+/m1/s1. The molecule has 0 fully saturated rings. The molecule has 1 aliphatic rings. The molecule has 0 radical (unpaired) electrons. The van der Waals surface area contributed by atoms with Crippen LogP contribution in [-0.4, -0.2) is 33.0 Å². The number of anilines is 1. The van der Waals surface area contributed by atoms with Gasteiger partial charge in [0.05, 0.1) is 17.1 Å². The second-order valence-electron chi connectivity index (χ2n) is 7.46. The number of fused-ring (bicyclic) bond motifs is 1. The number of amides is 1. The number of rotatable bonds is 5. The van der Waals surface area contributed by atoms with E-state index in [1.54, 1.807) is 48.5 Å². The van der Waals surface area contributed by atoms with Gasteiger partial charge in [0.1, 0.15) is 5.75 Å². The molecule has 0 saturated carbocycles. The maximum Gasteiger partial charge on any atom is 0.264 e. The van der Waals surface area contributed by atoms with E-state index < -0.39 is 16.1 Å². The highest BCUT2D eigenvalue weighted by Gasteiger charge is 2.37. The smallest absolute Gasteiger partial charge is 0.264 e. The Morgan fingerprint density at radius 2 is 1.75 bits per heavy atom. The Morgan fingerprint density at radius 3 is 2.39 bits per heavy atom. The van der Waals surface area contributed by atoms with Gasteiger partial charge in [-0.3, -0.25) is 9.10 Å². The van der Waals surface area contributed by atoms with Crippen molar-refractivity contribution in [1.29, 1.82) is 0 Å². The molecule has 7 heteroatoms. The first-order valence-electron chi connectivity index (χ1n) is 9.35. The van der Waals surface area contributed by atoms with Gasteiger partial charge in [-0.05, 0) is 44.0 Å². The minimum absolute atomic E-state index is 0.0459. The molecule has 2 aromatic carbocycles. The van der Waals surface area contributed by atoms with Crippen molar-refractivity contribution < 1.29 is 17.9 Å². The van der Waals surface area contributed by atoms with Crippen molar-refractivity contribution in [3.63, 3.8) is 0 Å². The molecule has 28 heavy (non-hydrogen) atoms. The van der Waals surface area contributed by atoms with Crippen LogP contribution in [0.2, 0.25) is 0 Å². The van der Waals surface area contributed by atoms with Crippen molar-refractivity contribution in [3.8, 4) is 5.75 Å². The van der Waals surface area contributed by atoms with Crippen molar-refractivity contribution in [2.75, 3.05) is 10.8 Å².